The lowest BCUT2D eigenvalue weighted by molar-refractivity contribution is 0.619. The lowest BCUT2D eigenvalue weighted by Crippen LogP contribution is -2.00. The second-order valence-electron chi connectivity index (χ2n) is 18.1. The van der Waals surface area contributed by atoms with Crippen LogP contribution >= 0.6 is 0 Å². The van der Waals surface area contributed by atoms with Crippen LogP contribution in [-0.4, -0.2) is 29.5 Å². The van der Waals surface area contributed by atoms with Crippen LogP contribution < -0.4 is 0 Å². The molecule has 0 fully saturated rings. The average molecular weight is 937 g/mol. The van der Waals surface area contributed by atoms with E-state index in [9.17, 15) is 0 Å². The minimum absolute atomic E-state index is 0.574. The number of para-hydroxylation sites is 2. The Morgan fingerprint density at radius 2 is 0.630 bits per heavy atom. The van der Waals surface area contributed by atoms with Crippen molar-refractivity contribution in [2.45, 2.75) is 0 Å². The molecular weight excluding hydrogens is 897 g/mol. The molecule has 0 saturated carbocycles. The number of hydrogen-bond donors (Lipinski definition) is 0. The summed E-state index contributed by atoms with van der Waals surface area (Å²) >= 11 is 0. The first kappa shape index (κ1) is 41.9. The molecule has 8 nitrogen and oxygen atoms in total. The second-order valence-corrected chi connectivity index (χ2v) is 18.1. The van der Waals surface area contributed by atoms with Gasteiger partial charge in [0.25, 0.3) is 0 Å². The fourth-order valence-corrected chi connectivity index (χ4v) is 9.83. The van der Waals surface area contributed by atoms with Gasteiger partial charge >= 0.3 is 0 Å². The molecule has 0 atom stereocenters. The molecule has 73 heavy (non-hydrogen) atoms. The number of nitrogens with zero attached hydrogens (tertiary/aromatic N) is 6. The fourth-order valence-electron chi connectivity index (χ4n) is 9.83. The first-order valence-electron chi connectivity index (χ1n) is 24.2. The molecule has 0 aliphatic rings. The third-order valence-electron chi connectivity index (χ3n) is 13.6. The van der Waals surface area contributed by atoms with Gasteiger partial charge in [-0.1, -0.05) is 164 Å². The van der Waals surface area contributed by atoms with Crippen LogP contribution in [-0.2, 0) is 0 Å². The molecule has 4 heterocycles. The highest BCUT2D eigenvalue weighted by Gasteiger charge is 2.17. The number of aromatic nitrogens is 6. The molecule has 10 aromatic carbocycles. The molecule has 0 saturated heterocycles. The first-order chi connectivity index (χ1) is 36.1. The molecule has 0 unspecified atom stereocenters. The van der Waals surface area contributed by atoms with E-state index in [1.807, 2.05) is 72.8 Å². The van der Waals surface area contributed by atoms with E-state index < -0.39 is 0 Å². The van der Waals surface area contributed by atoms with E-state index in [4.69, 9.17) is 33.8 Å². The molecule has 8 heteroatoms. The van der Waals surface area contributed by atoms with Crippen LogP contribution in [0.3, 0.4) is 0 Å². The van der Waals surface area contributed by atoms with Crippen LogP contribution in [0, 0.1) is 0 Å². The summed E-state index contributed by atoms with van der Waals surface area (Å²) in [5, 5.41) is 2.42. The highest BCUT2D eigenvalue weighted by atomic mass is 16.4. The third kappa shape index (κ3) is 7.71. The van der Waals surface area contributed by atoms with Gasteiger partial charge in [0.15, 0.2) is 28.6 Å². The van der Waals surface area contributed by atoms with E-state index in [0.29, 0.717) is 29.3 Å². The van der Waals surface area contributed by atoms with Crippen LogP contribution in [0.1, 0.15) is 0 Å². The van der Waals surface area contributed by atoms with Gasteiger partial charge < -0.3 is 13.4 Å². The summed E-state index contributed by atoms with van der Waals surface area (Å²) in [5.74, 6) is 2.93. The largest absolute Gasteiger partial charge is 0.436 e. The van der Waals surface area contributed by atoms with Gasteiger partial charge in [0.2, 0.25) is 11.8 Å². The Morgan fingerprint density at radius 3 is 1.11 bits per heavy atom. The van der Waals surface area contributed by atoms with Gasteiger partial charge in [0.1, 0.15) is 11.0 Å². The molecule has 0 spiro atoms. The van der Waals surface area contributed by atoms with Crippen molar-refractivity contribution >= 4 is 44.0 Å². The second kappa shape index (κ2) is 17.4. The Bertz CT molecular complexity index is 4160. The van der Waals surface area contributed by atoms with Crippen molar-refractivity contribution < 1.29 is 8.83 Å². The van der Waals surface area contributed by atoms with Crippen molar-refractivity contribution in [2.24, 2.45) is 0 Å². The van der Waals surface area contributed by atoms with Crippen LogP contribution in [0.4, 0.5) is 0 Å². The highest BCUT2D eigenvalue weighted by Crippen LogP contribution is 2.37. The van der Waals surface area contributed by atoms with Crippen LogP contribution in [0.25, 0.3) is 140 Å². The van der Waals surface area contributed by atoms with Crippen LogP contribution in [0.5, 0.6) is 0 Å². The maximum Gasteiger partial charge on any atom is 0.227 e. The summed E-state index contributed by atoms with van der Waals surface area (Å²) < 4.78 is 14.6. The van der Waals surface area contributed by atoms with E-state index in [1.54, 1.807) is 0 Å². The molecule has 4 aromatic heterocycles. The van der Waals surface area contributed by atoms with Gasteiger partial charge in [0, 0.05) is 44.3 Å². The summed E-state index contributed by atoms with van der Waals surface area (Å²) in [6, 6.07) is 83.3. The van der Waals surface area contributed by atoms with Crippen LogP contribution in [0.2, 0.25) is 0 Å². The summed E-state index contributed by atoms with van der Waals surface area (Å²) in [6.07, 6.45) is 0. The van der Waals surface area contributed by atoms with Crippen molar-refractivity contribution in [1.29, 1.82) is 0 Å². The monoisotopic (exact) mass is 936 g/mol. The van der Waals surface area contributed by atoms with Crippen molar-refractivity contribution in [3.8, 4) is 96.1 Å². The average Bonchev–Trinajstić information content (AvgIpc) is 4.20. The molecular formula is C65H40N6O2. The SMILES string of the molecule is c1ccc(-c2nc3cc(-c4ccc(-c5nc(-c6ccc(-c7ccc8oc(-c9ccccc9)nc8c7)cc6)nc(-c6ccc(-c7ccc8c(c7)c7ccccc7n8-c7ccccc7)cc6)n5)cc4)ccc3o2)cc1. The minimum atomic E-state index is 0.574. The third-order valence-corrected chi connectivity index (χ3v) is 13.6. The molecule has 342 valence electrons. The Kier molecular flexibility index (Phi) is 9.99. The predicted molar refractivity (Wildman–Crippen MR) is 293 cm³/mol. The maximum atomic E-state index is 6.11. The van der Waals surface area contributed by atoms with E-state index >= 15 is 0 Å². The standard InChI is InChI=1S/C65H40N6O2/c1-4-12-47(13-5-1)64-66-55-39-50(33-36-59(55)72-64)42-22-28-45(29-23-42)62-68-61(69-63(70-62)46-30-24-43(25-31-46)51-34-37-60-56(40-51)67-65(73-60)48-14-6-2-7-15-48)44-26-20-41(21-27-44)49-32-35-58-54(38-49)53-18-10-11-19-57(53)71(58)52-16-8-3-9-17-52/h1-40H. The first-order valence-corrected chi connectivity index (χ1v) is 24.2. The van der Waals surface area contributed by atoms with Crippen molar-refractivity contribution in [3.05, 3.63) is 243 Å². The van der Waals surface area contributed by atoms with Gasteiger partial charge in [-0.25, -0.2) is 24.9 Å². The van der Waals surface area contributed by atoms with Crippen molar-refractivity contribution in [3.63, 3.8) is 0 Å². The zero-order chi connectivity index (χ0) is 48.2. The molecule has 0 amide bonds. The molecule has 0 radical (unpaired) electrons. The number of hydrogen-bond acceptors (Lipinski definition) is 7. The quantitative estimate of drug-likeness (QED) is 0.142. The minimum Gasteiger partial charge on any atom is -0.436 e. The Labute approximate surface area is 419 Å². The number of benzene rings is 10. The van der Waals surface area contributed by atoms with E-state index in [2.05, 4.69) is 174 Å². The number of fused-ring (bicyclic) bond motifs is 5. The number of rotatable bonds is 9. The predicted octanol–water partition coefficient (Wildman–Crippen LogP) is 16.6. The van der Waals surface area contributed by atoms with Gasteiger partial charge in [-0.05, 0) is 112 Å². The zero-order valence-electron chi connectivity index (χ0n) is 39.1. The van der Waals surface area contributed by atoms with Crippen molar-refractivity contribution in [1.82, 2.24) is 29.5 Å². The normalized spacial score (nSPS) is 11.6. The summed E-state index contributed by atoms with van der Waals surface area (Å²) in [6.45, 7) is 0. The Hall–Kier alpha value is -10.1. The lowest BCUT2D eigenvalue weighted by Gasteiger charge is -2.11. The number of oxazole rings is 2. The van der Waals surface area contributed by atoms with E-state index in [-0.39, 0.29) is 0 Å². The zero-order valence-corrected chi connectivity index (χ0v) is 39.1. The lowest BCUT2D eigenvalue weighted by atomic mass is 10.0. The van der Waals surface area contributed by atoms with Gasteiger partial charge in [-0.15, -0.1) is 0 Å². The Balaban J connectivity index is 0.811. The molecule has 0 bridgehead atoms. The maximum absolute atomic E-state index is 6.11. The highest BCUT2D eigenvalue weighted by molar-refractivity contribution is 6.10. The Morgan fingerprint density at radius 1 is 0.260 bits per heavy atom. The molecule has 0 aliphatic heterocycles. The van der Waals surface area contributed by atoms with E-state index in [1.165, 1.54) is 21.8 Å². The molecule has 0 aliphatic carbocycles. The summed E-state index contributed by atoms with van der Waals surface area (Å²) in [7, 11) is 0. The van der Waals surface area contributed by atoms with Crippen molar-refractivity contribution in [2.75, 3.05) is 0 Å². The van der Waals surface area contributed by atoms with Gasteiger partial charge in [-0.2, -0.15) is 0 Å². The van der Waals surface area contributed by atoms with Gasteiger partial charge in [0.05, 0.1) is 11.0 Å². The van der Waals surface area contributed by atoms with E-state index in [0.717, 1.165) is 89.1 Å². The molecule has 14 rings (SSSR count). The summed E-state index contributed by atoms with van der Waals surface area (Å²) in [4.78, 5) is 25.0. The molecule has 14 aromatic rings. The fraction of sp³-hybridized carbons (Fsp3) is 0. The smallest absolute Gasteiger partial charge is 0.227 e. The topological polar surface area (TPSA) is 95.7 Å². The van der Waals surface area contributed by atoms with Crippen LogP contribution in [0.15, 0.2) is 251 Å². The summed E-state index contributed by atoms with van der Waals surface area (Å²) in [5.41, 5.74) is 17.5. The van der Waals surface area contributed by atoms with Gasteiger partial charge in [-0.3, -0.25) is 0 Å². The molecule has 0 N–H and O–H groups in total.